The summed E-state index contributed by atoms with van der Waals surface area (Å²) >= 11 is 17.6. The molecule has 0 amide bonds. The van der Waals surface area contributed by atoms with Gasteiger partial charge in [0.1, 0.15) is 5.75 Å². The van der Waals surface area contributed by atoms with Crippen molar-refractivity contribution in [3.05, 3.63) is 68.9 Å². The lowest BCUT2D eigenvalue weighted by molar-refractivity contribution is 0.424. The molecule has 0 aliphatic heterocycles. The fourth-order valence-electron chi connectivity index (χ4n) is 2.15. The van der Waals surface area contributed by atoms with Crippen LogP contribution in [-0.4, -0.2) is 18.6 Å². The topological polar surface area (TPSA) is 73.1 Å². The summed E-state index contributed by atoms with van der Waals surface area (Å²) in [5.74, 6) is -0.222. The summed E-state index contributed by atoms with van der Waals surface area (Å²) in [5.41, 5.74) is 1.20. The third kappa shape index (κ3) is 4.73. The summed E-state index contributed by atoms with van der Waals surface area (Å²) in [5, 5.41) is 4.98. The summed E-state index contributed by atoms with van der Waals surface area (Å²) in [4.78, 5) is 4.12. The zero-order valence-electron chi connectivity index (χ0n) is 12.6. The van der Waals surface area contributed by atoms with Crippen molar-refractivity contribution in [3.63, 3.8) is 0 Å². The molecule has 0 aliphatic carbocycles. The normalized spacial score (nSPS) is 11.6. The molecule has 9 heteroatoms. The van der Waals surface area contributed by atoms with Crippen molar-refractivity contribution in [3.8, 4) is 11.5 Å². The number of aromatic nitrogens is 2. The van der Waals surface area contributed by atoms with E-state index in [1.54, 1.807) is 36.4 Å². The van der Waals surface area contributed by atoms with E-state index in [1.807, 2.05) is 0 Å². The minimum atomic E-state index is -3.50. The van der Waals surface area contributed by atoms with Crippen molar-refractivity contribution in [1.29, 1.82) is 0 Å². The van der Waals surface area contributed by atoms with Crippen molar-refractivity contribution in [2.24, 2.45) is 0 Å². The Balaban J connectivity index is 1.75. The fraction of sp³-hybridized carbons (Fsp3) is 0.125. The molecule has 0 fully saturated rings. The van der Waals surface area contributed by atoms with Crippen LogP contribution in [0.25, 0.3) is 11.5 Å². The first-order chi connectivity index (χ1) is 11.8. The van der Waals surface area contributed by atoms with Gasteiger partial charge in [-0.25, -0.2) is 8.42 Å². The molecule has 25 heavy (non-hydrogen) atoms. The van der Waals surface area contributed by atoms with Crippen LogP contribution in [0, 0.1) is 0 Å². The quantitative estimate of drug-likeness (QED) is 0.595. The Labute approximate surface area is 159 Å². The number of hydrogen-bond donors (Lipinski definition) is 0. The zero-order chi connectivity index (χ0) is 18.0. The highest BCUT2D eigenvalue weighted by Gasteiger charge is 2.19. The van der Waals surface area contributed by atoms with E-state index < -0.39 is 9.84 Å². The van der Waals surface area contributed by atoms with Gasteiger partial charge in [0.2, 0.25) is 0 Å². The number of rotatable bonds is 5. The van der Waals surface area contributed by atoms with Crippen molar-refractivity contribution in [2.75, 3.05) is 0 Å². The lowest BCUT2D eigenvalue weighted by Gasteiger charge is -2.03. The number of nitrogens with zero attached hydrogens (tertiary/aromatic N) is 2. The Morgan fingerprint density at radius 2 is 1.64 bits per heavy atom. The fourth-order valence-corrected chi connectivity index (χ4v) is 3.90. The van der Waals surface area contributed by atoms with Crippen molar-refractivity contribution in [1.82, 2.24) is 10.1 Å². The van der Waals surface area contributed by atoms with Crippen LogP contribution in [0.2, 0.25) is 15.1 Å². The molecular weight excluding hydrogens is 407 g/mol. The van der Waals surface area contributed by atoms with Crippen molar-refractivity contribution in [2.45, 2.75) is 11.5 Å². The summed E-state index contributed by atoms with van der Waals surface area (Å²) < 4.78 is 29.8. The van der Waals surface area contributed by atoms with Gasteiger partial charge in [0.15, 0.2) is 15.7 Å². The molecule has 0 atom stereocenters. The van der Waals surface area contributed by atoms with Gasteiger partial charge >= 0.3 is 0 Å². The van der Waals surface area contributed by atoms with E-state index >= 15 is 0 Å². The summed E-state index contributed by atoms with van der Waals surface area (Å²) in [6.07, 6.45) is 0. The molecule has 1 heterocycles. The second kappa shape index (κ2) is 7.33. The van der Waals surface area contributed by atoms with Gasteiger partial charge in [-0.15, -0.1) is 0 Å². The lowest BCUT2D eigenvalue weighted by Crippen LogP contribution is -2.08. The van der Waals surface area contributed by atoms with Gasteiger partial charge in [-0.3, -0.25) is 0 Å². The zero-order valence-corrected chi connectivity index (χ0v) is 15.7. The first-order valence-electron chi connectivity index (χ1n) is 7.05. The predicted octanol–water partition coefficient (Wildman–Crippen LogP) is 4.81. The maximum atomic E-state index is 12.3. The van der Waals surface area contributed by atoms with Crippen molar-refractivity contribution < 1.29 is 12.9 Å². The molecule has 3 aromatic rings. The highest BCUT2D eigenvalue weighted by atomic mass is 35.5. The molecule has 0 spiro atoms. The monoisotopic (exact) mass is 416 g/mol. The SMILES string of the molecule is O=S(=O)(Cc1ccc(Cl)c(Cl)c1)Cc1noc(-c2ccc(Cl)cc2)n1. The first-order valence-corrected chi connectivity index (χ1v) is 10.0. The standard InChI is InChI=1S/C16H11Cl3N2O3S/c17-12-4-2-11(3-5-12)16-20-15(21-24-16)9-25(22,23)8-10-1-6-13(18)14(19)7-10/h1-7H,8-9H2. The minimum absolute atomic E-state index is 0.0880. The van der Waals surface area contributed by atoms with Crippen LogP contribution in [-0.2, 0) is 21.3 Å². The molecule has 0 aliphatic rings. The van der Waals surface area contributed by atoms with Crippen LogP contribution in [0.4, 0.5) is 0 Å². The molecule has 130 valence electrons. The van der Waals surface area contributed by atoms with E-state index in [-0.39, 0.29) is 23.2 Å². The molecule has 0 unspecified atom stereocenters. The molecule has 0 saturated carbocycles. The Bertz CT molecular complexity index is 1000. The van der Waals surface area contributed by atoms with Crippen LogP contribution >= 0.6 is 34.8 Å². The molecular formula is C16H11Cl3N2O3S. The van der Waals surface area contributed by atoms with E-state index in [9.17, 15) is 8.42 Å². The molecule has 3 rings (SSSR count). The minimum Gasteiger partial charge on any atom is -0.334 e. The molecule has 0 bridgehead atoms. The maximum Gasteiger partial charge on any atom is 0.257 e. The molecule has 1 aromatic heterocycles. The largest absolute Gasteiger partial charge is 0.334 e. The van der Waals surface area contributed by atoms with E-state index in [0.29, 0.717) is 26.2 Å². The number of sulfone groups is 1. The highest BCUT2D eigenvalue weighted by Crippen LogP contribution is 2.24. The molecule has 0 saturated heterocycles. The van der Waals surface area contributed by atoms with Crippen molar-refractivity contribution >= 4 is 44.6 Å². The van der Waals surface area contributed by atoms with Crippen LogP contribution in [0.1, 0.15) is 11.4 Å². The van der Waals surface area contributed by atoms with Crippen LogP contribution in [0.3, 0.4) is 0 Å². The second-order valence-electron chi connectivity index (χ2n) is 5.30. The van der Waals surface area contributed by atoms with Gasteiger partial charge in [0, 0.05) is 10.6 Å². The molecule has 5 nitrogen and oxygen atoms in total. The number of benzene rings is 2. The second-order valence-corrected chi connectivity index (χ2v) is 8.62. The highest BCUT2D eigenvalue weighted by molar-refractivity contribution is 7.89. The molecule has 0 radical (unpaired) electrons. The van der Waals surface area contributed by atoms with E-state index in [2.05, 4.69) is 10.1 Å². The van der Waals surface area contributed by atoms with Gasteiger partial charge in [0.25, 0.3) is 5.89 Å². The van der Waals surface area contributed by atoms with Gasteiger partial charge in [-0.1, -0.05) is 46.0 Å². The van der Waals surface area contributed by atoms with E-state index in [0.717, 1.165) is 0 Å². The van der Waals surface area contributed by atoms with Gasteiger partial charge < -0.3 is 4.52 Å². The van der Waals surface area contributed by atoms with Gasteiger partial charge in [-0.05, 0) is 42.0 Å². The van der Waals surface area contributed by atoms with Crippen LogP contribution < -0.4 is 0 Å². The maximum absolute atomic E-state index is 12.3. The lowest BCUT2D eigenvalue weighted by atomic mass is 10.2. The summed E-state index contributed by atoms with van der Waals surface area (Å²) in [7, 11) is -3.50. The Morgan fingerprint density at radius 3 is 2.32 bits per heavy atom. The first kappa shape index (κ1) is 18.2. The van der Waals surface area contributed by atoms with E-state index in [4.69, 9.17) is 39.3 Å². The third-order valence-electron chi connectivity index (χ3n) is 3.28. The Kier molecular flexibility index (Phi) is 5.34. The smallest absolute Gasteiger partial charge is 0.257 e. The number of halogens is 3. The van der Waals surface area contributed by atoms with Gasteiger partial charge in [0.05, 0.1) is 15.8 Å². The average Bonchev–Trinajstić information content (AvgIpc) is 2.99. The number of hydrogen-bond acceptors (Lipinski definition) is 5. The Hall–Kier alpha value is -1.60. The Morgan fingerprint density at radius 1 is 0.920 bits per heavy atom. The summed E-state index contributed by atoms with van der Waals surface area (Å²) in [6.45, 7) is 0. The van der Waals surface area contributed by atoms with Crippen LogP contribution in [0.15, 0.2) is 47.0 Å². The van der Waals surface area contributed by atoms with Gasteiger partial charge in [-0.2, -0.15) is 4.98 Å². The molecule has 2 aromatic carbocycles. The van der Waals surface area contributed by atoms with Crippen LogP contribution in [0.5, 0.6) is 0 Å². The van der Waals surface area contributed by atoms with E-state index in [1.165, 1.54) is 6.07 Å². The average molecular weight is 418 g/mol. The summed E-state index contributed by atoms with van der Waals surface area (Å²) in [6, 6.07) is 11.5. The predicted molar refractivity (Wildman–Crippen MR) is 97.5 cm³/mol. The molecule has 0 N–H and O–H groups in total. The third-order valence-corrected chi connectivity index (χ3v) is 5.74.